The first-order valence-corrected chi connectivity index (χ1v) is 5.76. The second kappa shape index (κ2) is 4.66. The number of rotatable bonds is 4. The molecule has 0 radical (unpaired) electrons. The van der Waals surface area contributed by atoms with Crippen molar-refractivity contribution in [1.29, 1.82) is 0 Å². The molecule has 0 amide bonds. The van der Waals surface area contributed by atoms with Gasteiger partial charge in [0.05, 0.1) is 0 Å². The van der Waals surface area contributed by atoms with Crippen LogP contribution in [0.2, 0.25) is 0 Å². The number of hydrogen-bond acceptors (Lipinski definition) is 2. The maximum absolute atomic E-state index is 11.2. The molecule has 1 aromatic carbocycles. The lowest BCUT2D eigenvalue weighted by Crippen LogP contribution is -2.37. The molecular weight excluding hydrogens is 202 g/mol. The molecule has 1 aromatic rings. The lowest BCUT2D eigenvalue weighted by Gasteiger charge is -2.23. The SMILES string of the molecule is CCCC(C(=O)O)N1Cc2ccccc2C1. The van der Waals surface area contributed by atoms with E-state index in [2.05, 4.69) is 17.0 Å². The van der Waals surface area contributed by atoms with E-state index < -0.39 is 5.97 Å². The first kappa shape index (κ1) is 11.1. The highest BCUT2D eigenvalue weighted by Gasteiger charge is 2.29. The van der Waals surface area contributed by atoms with E-state index in [1.807, 2.05) is 19.1 Å². The molecule has 86 valence electrons. The lowest BCUT2D eigenvalue weighted by molar-refractivity contribution is -0.143. The van der Waals surface area contributed by atoms with E-state index in [0.717, 1.165) is 25.9 Å². The largest absolute Gasteiger partial charge is 0.480 e. The molecule has 0 saturated heterocycles. The highest BCUT2D eigenvalue weighted by molar-refractivity contribution is 5.73. The second-order valence-electron chi connectivity index (χ2n) is 4.32. The zero-order valence-electron chi connectivity index (χ0n) is 9.52. The molecule has 0 spiro atoms. The molecule has 2 rings (SSSR count). The fourth-order valence-corrected chi connectivity index (χ4v) is 2.32. The average Bonchev–Trinajstić information content (AvgIpc) is 2.68. The maximum Gasteiger partial charge on any atom is 0.320 e. The number of benzene rings is 1. The molecule has 3 heteroatoms. The standard InChI is InChI=1S/C13H17NO2/c1-2-5-12(13(15)16)14-8-10-6-3-4-7-11(10)9-14/h3-4,6-7,12H,2,5,8-9H2,1H3,(H,15,16). The Kier molecular flexibility index (Phi) is 3.25. The summed E-state index contributed by atoms with van der Waals surface area (Å²) in [5, 5.41) is 9.20. The number of carbonyl (C=O) groups is 1. The van der Waals surface area contributed by atoms with E-state index in [9.17, 15) is 9.90 Å². The molecule has 1 atom stereocenters. The van der Waals surface area contributed by atoms with Gasteiger partial charge in [-0.3, -0.25) is 9.69 Å². The van der Waals surface area contributed by atoms with Crippen LogP contribution >= 0.6 is 0 Å². The number of carboxylic acids is 1. The van der Waals surface area contributed by atoms with Crippen LogP contribution in [0.3, 0.4) is 0 Å². The van der Waals surface area contributed by atoms with Crippen LogP contribution in [0.4, 0.5) is 0 Å². The van der Waals surface area contributed by atoms with E-state index in [-0.39, 0.29) is 6.04 Å². The Morgan fingerprint density at radius 3 is 2.38 bits per heavy atom. The zero-order chi connectivity index (χ0) is 11.5. The molecule has 16 heavy (non-hydrogen) atoms. The summed E-state index contributed by atoms with van der Waals surface area (Å²) in [6.07, 6.45) is 1.63. The Morgan fingerprint density at radius 1 is 1.38 bits per heavy atom. The summed E-state index contributed by atoms with van der Waals surface area (Å²) in [5.41, 5.74) is 2.54. The number of hydrogen-bond donors (Lipinski definition) is 1. The first-order valence-electron chi connectivity index (χ1n) is 5.76. The fraction of sp³-hybridized carbons (Fsp3) is 0.462. The van der Waals surface area contributed by atoms with Crippen LogP contribution in [0.25, 0.3) is 0 Å². The minimum absolute atomic E-state index is 0.336. The topological polar surface area (TPSA) is 40.5 Å². The van der Waals surface area contributed by atoms with E-state index in [1.165, 1.54) is 11.1 Å². The molecule has 1 aliphatic rings. The van der Waals surface area contributed by atoms with Gasteiger partial charge in [0.1, 0.15) is 6.04 Å². The number of nitrogens with zero attached hydrogens (tertiary/aromatic N) is 1. The fourth-order valence-electron chi connectivity index (χ4n) is 2.32. The quantitative estimate of drug-likeness (QED) is 0.844. The van der Waals surface area contributed by atoms with Crippen LogP contribution in [0, 0.1) is 0 Å². The third kappa shape index (κ3) is 2.09. The van der Waals surface area contributed by atoms with Crippen LogP contribution in [-0.2, 0) is 17.9 Å². The van der Waals surface area contributed by atoms with Gasteiger partial charge in [0.25, 0.3) is 0 Å². The summed E-state index contributed by atoms with van der Waals surface area (Å²) in [7, 11) is 0. The molecule has 0 fully saturated rings. The summed E-state index contributed by atoms with van der Waals surface area (Å²) in [5.74, 6) is -0.699. The van der Waals surface area contributed by atoms with Crippen molar-refractivity contribution in [3.8, 4) is 0 Å². The van der Waals surface area contributed by atoms with Crippen molar-refractivity contribution in [3.63, 3.8) is 0 Å². The predicted molar refractivity (Wildman–Crippen MR) is 62.0 cm³/mol. The van der Waals surface area contributed by atoms with E-state index in [0.29, 0.717) is 0 Å². The van der Waals surface area contributed by atoms with Crippen LogP contribution in [0.15, 0.2) is 24.3 Å². The average molecular weight is 219 g/mol. The van der Waals surface area contributed by atoms with Gasteiger partial charge in [-0.05, 0) is 17.5 Å². The molecule has 0 saturated carbocycles. The van der Waals surface area contributed by atoms with Crippen LogP contribution in [0.5, 0.6) is 0 Å². The number of aliphatic carboxylic acids is 1. The van der Waals surface area contributed by atoms with Gasteiger partial charge in [-0.2, -0.15) is 0 Å². The van der Waals surface area contributed by atoms with Crippen LogP contribution < -0.4 is 0 Å². The normalized spacial score (nSPS) is 17.1. The Hall–Kier alpha value is -1.35. The second-order valence-corrected chi connectivity index (χ2v) is 4.32. The molecule has 1 heterocycles. The van der Waals surface area contributed by atoms with Crippen LogP contribution in [-0.4, -0.2) is 22.0 Å². The van der Waals surface area contributed by atoms with Gasteiger partial charge in [-0.1, -0.05) is 37.6 Å². The smallest absolute Gasteiger partial charge is 0.320 e. The minimum atomic E-state index is -0.699. The van der Waals surface area contributed by atoms with Gasteiger partial charge in [0.15, 0.2) is 0 Å². The van der Waals surface area contributed by atoms with Crippen LogP contribution in [0.1, 0.15) is 30.9 Å². The molecule has 0 aromatic heterocycles. The van der Waals surface area contributed by atoms with Crippen molar-refractivity contribution in [2.75, 3.05) is 0 Å². The van der Waals surface area contributed by atoms with E-state index >= 15 is 0 Å². The van der Waals surface area contributed by atoms with E-state index in [1.54, 1.807) is 0 Å². The van der Waals surface area contributed by atoms with Gasteiger partial charge in [-0.25, -0.2) is 0 Å². The Morgan fingerprint density at radius 2 is 1.94 bits per heavy atom. The Balaban J connectivity index is 2.12. The van der Waals surface area contributed by atoms with E-state index in [4.69, 9.17) is 0 Å². The van der Waals surface area contributed by atoms with Crippen molar-refractivity contribution < 1.29 is 9.90 Å². The van der Waals surface area contributed by atoms with Crippen molar-refractivity contribution in [3.05, 3.63) is 35.4 Å². The van der Waals surface area contributed by atoms with Gasteiger partial charge < -0.3 is 5.11 Å². The van der Waals surface area contributed by atoms with Gasteiger partial charge in [-0.15, -0.1) is 0 Å². The molecule has 0 aliphatic carbocycles. The van der Waals surface area contributed by atoms with Crippen molar-refractivity contribution in [1.82, 2.24) is 4.90 Å². The molecule has 0 bridgehead atoms. The number of carboxylic acid groups (broad SMARTS) is 1. The van der Waals surface area contributed by atoms with Gasteiger partial charge in [0.2, 0.25) is 0 Å². The molecule has 1 unspecified atom stereocenters. The molecule has 3 nitrogen and oxygen atoms in total. The lowest BCUT2D eigenvalue weighted by atomic mass is 10.1. The van der Waals surface area contributed by atoms with Crippen molar-refractivity contribution >= 4 is 5.97 Å². The van der Waals surface area contributed by atoms with Gasteiger partial charge >= 0.3 is 5.97 Å². The summed E-state index contributed by atoms with van der Waals surface area (Å²) in [4.78, 5) is 13.2. The number of fused-ring (bicyclic) bond motifs is 1. The summed E-state index contributed by atoms with van der Waals surface area (Å²) < 4.78 is 0. The Labute approximate surface area is 95.7 Å². The summed E-state index contributed by atoms with van der Waals surface area (Å²) >= 11 is 0. The highest BCUT2D eigenvalue weighted by Crippen LogP contribution is 2.25. The zero-order valence-corrected chi connectivity index (χ0v) is 9.52. The van der Waals surface area contributed by atoms with Crippen molar-refractivity contribution in [2.45, 2.75) is 38.9 Å². The van der Waals surface area contributed by atoms with Crippen molar-refractivity contribution in [2.24, 2.45) is 0 Å². The molecule has 1 aliphatic heterocycles. The highest BCUT2D eigenvalue weighted by atomic mass is 16.4. The third-order valence-electron chi connectivity index (χ3n) is 3.15. The monoisotopic (exact) mass is 219 g/mol. The molecular formula is C13H17NO2. The molecule has 1 N–H and O–H groups in total. The van der Waals surface area contributed by atoms with Gasteiger partial charge in [0, 0.05) is 13.1 Å². The summed E-state index contributed by atoms with van der Waals surface area (Å²) in [6.45, 7) is 3.57. The predicted octanol–water partition coefficient (Wildman–Crippen LogP) is 2.26. The first-order chi connectivity index (χ1) is 7.72. The third-order valence-corrected chi connectivity index (χ3v) is 3.15. The minimum Gasteiger partial charge on any atom is -0.480 e. The maximum atomic E-state index is 11.2. The summed E-state index contributed by atoms with van der Waals surface area (Å²) in [6, 6.07) is 7.85. The Bertz CT molecular complexity index is 364.